The lowest BCUT2D eigenvalue weighted by Crippen LogP contribution is -2.59. The first-order chi connectivity index (χ1) is 25.0. The van der Waals surface area contributed by atoms with Gasteiger partial charge in [-0.1, -0.05) is 37.6 Å². The van der Waals surface area contributed by atoms with Crippen LogP contribution in [0.2, 0.25) is 5.02 Å². The summed E-state index contributed by atoms with van der Waals surface area (Å²) in [5.41, 5.74) is -0.109. The first kappa shape index (κ1) is 36.9. The highest BCUT2D eigenvalue weighted by atomic mass is 35.5. The molecule has 284 valence electrons. The predicted octanol–water partition coefficient (Wildman–Crippen LogP) is 3.71. The van der Waals surface area contributed by atoms with Gasteiger partial charge in [-0.3, -0.25) is 23.5 Å². The van der Waals surface area contributed by atoms with Gasteiger partial charge in [-0.2, -0.15) is 4.98 Å². The fourth-order valence-corrected chi connectivity index (χ4v) is 9.24. The molecule has 0 radical (unpaired) electrons. The number of carboxylic acid groups (broad SMARTS) is 1. The van der Waals surface area contributed by atoms with E-state index in [4.69, 9.17) is 16.3 Å². The van der Waals surface area contributed by atoms with Gasteiger partial charge in [0.05, 0.1) is 27.9 Å². The van der Waals surface area contributed by atoms with Crippen molar-refractivity contribution in [3.63, 3.8) is 0 Å². The Balaban J connectivity index is 1.25. The lowest BCUT2D eigenvalue weighted by molar-refractivity contribution is -0.142. The number of rotatable bonds is 6. The summed E-state index contributed by atoms with van der Waals surface area (Å²) in [4.78, 5) is 65.2. The van der Waals surface area contributed by atoms with Crippen molar-refractivity contribution < 1.29 is 37.4 Å². The Morgan fingerprint density at radius 3 is 2.62 bits per heavy atom. The zero-order valence-electron chi connectivity index (χ0n) is 30.0. The Morgan fingerprint density at radius 2 is 1.91 bits per heavy atom. The third-order valence-electron chi connectivity index (χ3n) is 11.3. The molecule has 17 heteroatoms. The number of fused-ring (bicyclic) bond motifs is 5. The fourth-order valence-electron chi connectivity index (χ4n) is 7.76. The van der Waals surface area contributed by atoms with Gasteiger partial charge in [-0.25, -0.2) is 18.2 Å². The fraction of sp³-hybridized carbons (Fsp3) is 0.556. The second-order valence-electron chi connectivity index (χ2n) is 15.5. The van der Waals surface area contributed by atoms with Crippen LogP contribution in [0.4, 0.5) is 4.79 Å². The minimum absolute atomic E-state index is 0.0287. The first-order valence-corrected chi connectivity index (χ1v) is 19.8. The van der Waals surface area contributed by atoms with Gasteiger partial charge in [-0.05, 0) is 82.4 Å². The van der Waals surface area contributed by atoms with Gasteiger partial charge in [0.1, 0.15) is 23.7 Å². The molecular weight excluding hydrogens is 726 g/mol. The van der Waals surface area contributed by atoms with Crippen molar-refractivity contribution in [1.82, 2.24) is 34.6 Å². The second kappa shape index (κ2) is 13.4. The molecule has 4 heterocycles. The topological polar surface area (TPSA) is 201 Å². The van der Waals surface area contributed by atoms with E-state index in [0.717, 1.165) is 17.6 Å². The molecule has 2 saturated carbocycles. The highest BCUT2D eigenvalue weighted by molar-refractivity contribution is 7.91. The molecule has 53 heavy (non-hydrogen) atoms. The molecule has 1 aromatic carbocycles. The minimum Gasteiger partial charge on any atom is -0.472 e. The monoisotopic (exact) mass is 769 g/mol. The number of halogens is 1. The molecule has 1 saturated heterocycles. The summed E-state index contributed by atoms with van der Waals surface area (Å²) in [6.07, 6.45) is 6.31. The van der Waals surface area contributed by atoms with Gasteiger partial charge in [0.15, 0.2) is 0 Å². The van der Waals surface area contributed by atoms with Gasteiger partial charge in [0.2, 0.25) is 33.5 Å². The number of ether oxygens (including phenoxy) is 1. The number of carbonyl (C=O) groups is 4. The van der Waals surface area contributed by atoms with Gasteiger partial charge >= 0.3 is 6.09 Å². The van der Waals surface area contributed by atoms with Crippen molar-refractivity contribution in [1.29, 1.82) is 0 Å². The van der Waals surface area contributed by atoms with Crippen LogP contribution in [-0.4, -0.2) is 91.6 Å². The largest absolute Gasteiger partial charge is 0.472 e. The predicted molar refractivity (Wildman–Crippen MR) is 195 cm³/mol. The van der Waals surface area contributed by atoms with Crippen LogP contribution in [0.15, 0.2) is 36.5 Å². The number of nitrogens with zero attached hydrogens (tertiary/aromatic N) is 4. The number of imidazole rings is 1. The minimum atomic E-state index is -4.01. The summed E-state index contributed by atoms with van der Waals surface area (Å²) >= 11 is 6.39. The van der Waals surface area contributed by atoms with Gasteiger partial charge in [0, 0.05) is 23.6 Å². The molecule has 4 N–H and O–H groups in total. The van der Waals surface area contributed by atoms with Crippen LogP contribution in [0, 0.1) is 24.7 Å². The van der Waals surface area contributed by atoms with E-state index in [2.05, 4.69) is 25.3 Å². The maximum atomic E-state index is 14.5. The first-order valence-electron chi connectivity index (χ1n) is 18.0. The van der Waals surface area contributed by atoms with Crippen molar-refractivity contribution >= 4 is 62.1 Å². The van der Waals surface area contributed by atoms with Crippen LogP contribution in [0.5, 0.6) is 5.88 Å². The van der Waals surface area contributed by atoms with Crippen molar-refractivity contribution in [2.24, 2.45) is 17.8 Å². The number of benzene rings is 1. The van der Waals surface area contributed by atoms with Gasteiger partial charge < -0.3 is 25.4 Å². The summed E-state index contributed by atoms with van der Waals surface area (Å²) in [5.74, 6) is -2.35. The number of amides is 4. The number of nitrogens with one attached hydrogen (secondary N) is 3. The zero-order chi connectivity index (χ0) is 38.0. The van der Waals surface area contributed by atoms with E-state index in [-0.39, 0.29) is 31.2 Å². The Bertz CT molecular complexity index is 2150. The summed E-state index contributed by atoms with van der Waals surface area (Å²) in [7, 11) is -4.01. The molecule has 2 aliphatic carbocycles. The highest BCUT2D eigenvalue weighted by Gasteiger charge is 2.63. The van der Waals surface area contributed by atoms with E-state index in [1.165, 1.54) is 4.90 Å². The molecule has 0 unspecified atom stereocenters. The van der Waals surface area contributed by atoms with Crippen LogP contribution in [0.1, 0.15) is 71.4 Å². The summed E-state index contributed by atoms with van der Waals surface area (Å²) in [6.45, 7) is 7.14. The van der Waals surface area contributed by atoms with E-state index < -0.39 is 74.1 Å². The maximum Gasteiger partial charge on any atom is 0.405 e. The number of hydrogen-bond donors (Lipinski definition) is 4. The number of allylic oxidation sites excluding steroid dienone is 1. The van der Waals surface area contributed by atoms with Crippen molar-refractivity contribution in [3.05, 3.63) is 47.3 Å². The number of carbonyl (C=O) groups excluding carboxylic acids is 3. The molecule has 3 aromatic rings. The van der Waals surface area contributed by atoms with Gasteiger partial charge in [0.25, 0.3) is 5.91 Å². The van der Waals surface area contributed by atoms with E-state index in [1.807, 2.05) is 42.7 Å². The lowest BCUT2D eigenvalue weighted by atomic mass is 9.88. The smallest absolute Gasteiger partial charge is 0.405 e. The molecule has 15 nitrogen and oxygen atoms in total. The molecule has 7 rings (SSSR count). The Labute approximate surface area is 311 Å². The normalized spacial score (nSPS) is 30.7. The molecule has 0 spiro atoms. The molecule has 0 bridgehead atoms. The average Bonchev–Trinajstić information content (AvgIpc) is 3.90. The molecule has 4 aliphatic rings. The number of hydrogen-bond acceptors (Lipinski definition) is 9. The van der Waals surface area contributed by atoms with Crippen molar-refractivity contribution in [3.8, 4) is 5.88 Å². The number of sulfonamides is 1. The Morgan fingerprint density at radius 1 is 1.15 bits per heavy atom. The number of aromatic nitrogens is 3. The van der Waals surface area contributed by atoms with Crippen LogP contribution in [0.25, 0.3) is 16.7 Å². The quantitative estimate of drug-likeness (QED) is 0.268. The second-order valence-corrected chi connectivity index (χ2v) is 18.2. The summed E-state index contributed by atoms with van der Waals surface area (Å²) in [6, 6.07) is 2.88. The van der Waals surface area contributed by atoms with Crippen LogP contribution in [0.3, 0.4) is 0 Å². The van der Waals surface area contributed by atoms with E-state index >= 15 is 0 Å². The molecule has 4 amide bonds. The average molecular weight is 770 g/mol. The SMILES string of the molecule is Cc1cn2c(n1)nc(O[C@@H]1C[C@H]3C(=O)N[C@]4(C(=O)NS(=O)(=O)C5(C)CC5)C[C@H]4/C=C\CC[C@H](C)C[C@@H](C)[C@H](NC(=O)O)C(=O)N3C1)c1cc(Cl)ccc12. The molecular formula is C36H44ClN7O8S. The summed E-state index contributed by atoms with van der Waals surface area (Å²) < 4.78 is 35.7. The molecule has 7 atom stereocenters. The molecule has 3 fully saturated rings. The summed E-state index contributed by atoms with van der Waals surface area (Å²) in [5, 5.41) is 16.1. The Hall–Kier alpha value is -4.44. The van der Waals surface area contributed by atoms with Crippen LogP contribution < -0.4 is 20.1 Å². The zero-order valence-corrected chi connectivity index (χ0v) is 31.5. The van der Waals surface area contributed by atoms with Crippen LogP contribution >= 0.6 is 11.6 Å². The number of aryl methyl sites for hydroxylation is 1. The van der Waals surface area contributed by atoms with Gasteiger partial charge in [-0.15, -0.1) is 0 Å². The van der Waals surface area contributed by atoms with Crippen molar-refractivity contribution in [2.75, 3.05) is 6.54 Å². The molecule has 2 aromatic heterocycles. The third-order valence-corrected chi connectivity index (χ3v) is 13.7. The van der Waals surface area contributed by atoms with Crippen LogP contribution in [-0.2, 0) is 24.4 Å². The van der Waals surface area contributed by atoms with Crippen molar-refractivity contribution in [2.45, 2.75) is 101 Å². The standard InChI is InChI=1S/C36H44ClN7O8S/c1-19-7-5-6-8-22-16-36(22,32(47)42-53(50,51)35(4)11-12-35)41-29(45)27-15-24(18-43(27)31(46)28(20(2)13-19)39-34(48)49)52-30-25-14-23(37)9-10-26(25)44-17-21(3)38-33(44)40-30/h6,8-10,14,17,19-20,22,24,27-28,39H,5,7,11-13,15-16,18H2,1-4H3,(H,41,45)(H,42,47)(H,48,49)/b8-6-/t19-,20+,22+,24+,27-,28-,36+/m0/s1. The lowest BCUT2D eigenvalue weighted by Gasteiger charge is -2.32. The maximum absolute atomic E-state index is 14.5. The Kier molecular flexibility index (Phi) is 9.36. The van der Waals surface area contributed by atoms with E-state index in [0.29, 0.717) is 41.9 Å². The van der Waals surface area contributed by atoms with E-state index in [1.54, 1.807) is 26.0 Å². The third kappa shape index (κ3) is 7.02. The van der Waals surface area contributed by atoms with E-state index in [9.17, 15) is 32.7 Å². The molecule has 2 aliphatic heterocycles. The highest BCUT2D eigenvalue weighted by Crippen LogP contribution is 2.47.